The molecule has 0 fully saturated rings. The topological polar surface area (TPSA) is 58.6 Å². The van der Waals surface area contributed by atoms with E-state index in [1.165, 1.54) is 11.1 Å². The lowest BCUT2D eigenvalue weighted by atomic mass is 10.1. The molecule has 0 amide bonds. The van der Waals surface area contributed by atoms with E-state index in [1.54, 1.807) is 28.4 Å². The summed E-state index contributed by atoms with van der Waals surface area (Å²) in [4.78, 5) is 2.52. The van der Waals surface area contributed by atoms with Gasteiger partial charge in [-0.15, -0.1) is 0 Å². The van der Waals surface area contributed by atoms with E-state index in [1.807, 2.05) is 24.3 Å². The molecule has 37 heavy (non-hydrogen) atoms. The molecule has 0 N–H and O–H groups in total. The number of methoxy groups -OCH3 is 4. The largest absolute Gasteiger partial charge is 0.497 e. The molecule has 0 unspecified atom stereocenters. The summed E-state index contributed by atoms with van der Waals surface area (Å²) in [6.07, 6.45) is 3.78. The van der Waals surface area contributed by atoms with Crippen molar-refractivity contribution in [2.45, 2.75) is 25.7 Å². The van der Waals surface area contributed by atoms with Crippen molar-refractivity contribution in [2.75, 3.05) is 54.9 Å². The average Bonchev–Trinajstić information content (AvgIpc) is 3.41. The third kappa shape index (κ3) is 7.01. The van der Waals surface area contributed by atoms with Gasteiger partial charge in [0.1, 0.15) is 11.5 Å². The fourth-order valence-corrected chi connectivity index (χ4v) is 4.61. The number of aryl methyl sites for hydroxylation is 1. The van der Waals surface area contributed by atoms with E-state index in [0.29, 0.717) is 6.79 Å². The highest BCUT2D eigenvalue weighted by atomic mass is 16.7. The second-order valence-corrected chi connectivity index (χ2v) is 9.00. The zero-order valence-corrected chi connectivity index (χ0v) is 22.2. The van der Waals surface area contributed by atoms with Crippen molar-refractivity contribution in [1.82, 2.24) is 4.90 Å². The van der Waals surface area contributed by atoms with Gasteiger partial charge in [0.05, 0.1) is 28.4 Å². The van der Waals surface area contributed by atoms with Crippen molar-refractivity contribution in [3.8, 4) is 34.5 Å². The quantitative estimate of drug-likeness (QED) is 0.298. The van der Waals surface area contributed by atoms with Gasteiger partial charge in [0.25, 0.3) is 0 Å². The normalized spacial score (nSPS) is 12.0. The summed E-state index contributed by atoms with van der Waals surface area (Å²) < 4.78 is 32.9. The molecule has 1 aliphatic heterocycles. The van der Waals surface area contributed by atoms with Crippen LogP contribution in [0.15, 0.2) is 54.6 Å². The van der Waals surface area contributed by atoms with E-state index in [0.717, 1.165) is 85.4 Å². The van der Waals surface area contributed by atoms with Crippen molar-refractivity contribution in [1.29, 1.82) is 0 Å². The minimum atomic E-state index is 0.296. The van der Waals surface area contributed by atoms with Gasteiger partial charge in [0.2, 0.25) is 6.79 Å². The lowest BCUT2D eigenvalue weighted by Crippen LogP contribution is -2.30. The molecule has 3 aromatic rings. The molecule has 0 spiro atoms. The molecule has 4 rings (SSSR count). The zero-order chi connectivity index (χ0) is 26.0. The molecule has 0 saturated carbocycles. The minimum Gasteiger partial charge on any atom is -0.497 e. The highest BCUT2D eigenvalue weighted by Gasteiger charge is 2.15. The number of fused-ring (bicyclic) bond motifs is 1. The molecule has 1 aliphatic rings. The van der Waals surface area contributed by atoms with E-state index in [-0.39, 0.29) is 0 Å². The summed E-state index contributed by atoms with van der Waals surface area (Å²) >= 11 is 0. The number of nitrogens with zero attached hydrogens (tertiary/aromatic N) is 1. The molecular weight excluding hydrogens is 470 g/mol. The summed E-state index contributed by atoms with van der Waals surface area (Å²) in [5, 5.41) is 0. The van der Waals surface area contributed by atoms with Crippen LogP contribution in [0, 0.1) is 0 Å². The van der Waals surface area contributed by atoms with Crippen LogP contribution >= 0.6 is 0 Å². The van der Waals surface area contributed by atoms with Crippen molar-refractivity contribution in [3.05, 3.63) is 71.3 Å². The van der Waals surface area contributed by atoms with Crippen LogP contribution in [-0.2, 0) is 19.3 Å². The first-order chi connectivity index (χ1) is 18.1. The molecule has 7 nitrogen and oxygen atoms in total. The minimum absolute atomic E-state index is 0.296. The fourth-order valence-electron chi connectivity index (χ4n) is 4.61. The standard InChI is InChI=1S/C30H37NO6/c1-32-25-9-12-26(33-2)24(20-25)6-5-15-31(16-13-22-7-10-27(34-3)29(18-22)35-4)17-14-23-8-11-28-30(19-23)37-21-36-28/h7-12,18-20H,5-6,13-17,21H2,1-4H3. The molecule has 3 aromatic carbocycles. The second kappa shape index (κ2) is 13.1. The van der Waals surface area contributed by atoms with Gasteiger partial charge < -0.3 is 33.3 Å². The van der Waals surface area contributed by atoms with Gasteiger partial charge in [0, 0.05) is 13.1 Å². The van der Waals surface area contributed by atoms with Gasteiger partial charge in [0.15, 0.2) is 23.0 Å². The maximum atomic E-state index is 5.58. The molecule has 0 radical (unpaired) electrons. The SMILES string of the molecule is COc1ccc(OC)c(CCCN(CCc2ccc(OC)c(OC)c2)CCc2ccc3c(c2)OCO3)c1. The summed E-state index contributed by atoms with van der Waals surface area (Å²) in [5.41, 5.74) is 3.63. The van der Waals surface area contributed by atoms with Crippen LogP contribution < -0.4 is 28.4 Å². The van der Waals surface area contributed by atoms with Gasteiger partial charge >= 0.3 is 0 Å². The Balaban J connectivity index is 1.41. The number of benzene rings is 3. The van der Waals surface area contributed by atoms with Gasteiger partial charge in [-0.25, -0.2) is 0 Å². The highest BCUT2D eigenvalue weighted by Crippen LogP contribution is 2.33. The Kier molecular flexibility index (Phi) is 9.38. The van der Waals surface area contributed by atoms with Crippen molar-refractivity contribution in [2.24, 2.45) is 0 Å². The lowest BCUT2D eigenvalue weighted by Gasteiger charge is -2.23. The monoisotopic (exact) mass is 507 g/mol. The summed E-state index contributed by atoms with van der Waals surface area (Å²) in [7, 11) is 6.74. The smallest absolute Gasteiger partial charge is 0.231 e. The number of ether oxygens (including phenoxy) is 6. The fraction of sp³-hybridized carbons (Fsp3) is 0.400. The molecule has 7 heteroatoms. The van der Waals surface area contributed by atoms with Gasteiger partial charge in [-0.3, -0.25) is 0 Å². The average molecular weight is 508 g/mol. The van der Waals surface area contributed by atoms with Crippen LogP contribution in [0.5, 0.6) is 34.5 Å². The van der Waals surface area contributed by atoms with Gasteiger partial charge in [-0.2, -0.15) is 0 Å². The molecule has 0 atom stereocenters. The number of hydrogen-bond donors (Lipinski definition) is 0. The number of hydrogen-bond acceptors (Lipinski definition) is 7. The Labute approximate surface area is 219 Å². The Morgan fingerprint density at radius 1 is 0.622 bits per heavy atom. The van der Waals surface area contributed by atoms with Gasteiger partial charge in [-0.05, 0) is 91.4 Å². The van der Waals surface area contributed by atoms with E-state index in [4.69, 9.17) is 28.4 Å². The van der Waals surface area contributed by atoms with Crippen LogP contribution in [0.4, 0.5) is 0 Å². The van der Waals surface area contributed by atoms with Gasteiger partial charge in [-0.1, -0.05) is 12.1 Å². The van der Waals surface area contributed by atoms with Crippen molar-refractivity contribution < 1.29 is 28.4 Å². The third-order valence-electron chi connectivity index (χ3n) is 6.73. The highest BCUT2D eigenvalue weighted by molar-refractivity contribution is 5.45. The first-order valence-corrected chi connectivity index (χ1v) is 12.7. The van der Waals surface area contributed by atoms with E-state index >= 15 is 0 Å². The Hall–Kier alpha value is -3.58. The Morgan fingerprint density at radius 2 is 1.30 bits per heavy atom. The van der Waals surface area contributed by atoms with E-state index in [9.17, 15) is 0 Å². The maximum Gasteiger partial charge on any atom is 0.231 e. The van der Waals surface area contributed by atoms with E-state index in [2.05, 4.69) is 35.2 Å². The number of rotatable bonds is 14. The molecule has 1 heterocycles. The molecule has 0 aromatic heterocycles. The lowest BCUT2D eigenvalue weighted by molar-refractivity contribution is 0.174. The molecule has 0 saturated heterocycles. The Morgan fingerprint density at radius 3 is 2.03 bits per heavy atom. The predicted octanol–water partition coefficient (Wildman–Crippen LogP) is 5.17. The first kappa shape index (κ1) is 26.5. The zero-order valence-electron chi connectivity index (χ0n) is 22.2. The molecule has 0 bridgehead atoms. The van der Waals surface area contributed by atoms with E-state index < -0.39 is 0 Å². The predicted molar refractivity (Wildman–Crippen MR) is 144 cm³/mol. The summed E-state index contributed by atoms with van der Waals surface area (Å²) in [5.74, 6) is 4.91. The Bertz CT molecular complexity index is 1160. The molecule has 198 valence electrons. The van der Waals surface area contributed by atoms with Crippen LogP contribution in [0.1, 0.15) is 23.1 Å². The van der Waals surface area contributed by atoms with Crippen LogP contribution in [0.25, 0.3) is 0 Å². The summed E-state index contributed by atoms with van der Waals surface area (Å²) in [6.45, 7) is 3.15. The first-order valence-electron chi connectivity index (χ1n) is 12.7. The van der Waals surface area contributed by atoms with Crippen LogP contribution in [-0.4, -0.2) is 59.8 Å². The molecule has 0 aliphatic carbocycles. The third-order valence-corrected chi connectivity index (χ3v) is 6.73. The maximum absolute atomic E-state index is 5.58. The van der Waals surface area contributed by atoms with Crippen LogP contribution in [0.3, 0.4) is 0 Å². The second-order valence-electron chi connectivity index (χ2n) is 9.00. The van der Waals surface area contributed by atoms with Crippen molar-refractivity contribution >= 4 is 0 Å². The van der Waals surface area contributed by atoms with Crippen molar-refractivity contribution in [3.63, 3.8) is 0 Å². The summed E-state index contributed by atoms with van der Waals surface area (Å²) in [6, 6.07) is 18.3. The van der Waals surface area contributed by atoms with Crippen LogP contribution in [0.2, 0.25) is 0 Å². The molecular formula is C30H37NO6.